The van der Waals surface area contributed by atoms with Gasteiger partial charge in [0.15, 0.2) is 0 Å². The molecule has 0 spiro atoms. The van der Waals surface area contributed by atoms with E-state index in [2.05, 4.69) is 45.6 Å². The van der Waals surface area contributed by atoms with Crippen molar-refractivity contribution in [2.75, 3.05) is 0 Å². The predicted molar refractivity (Wildman–Crippen MR) is 79.9 cm³/mol. The van der Waals surface area contributed by atoms with E-state index >= 15 is 0 Å². The minimum absolute atomic E-state index is 0.174. The molecule has 19 heavy (non-hydrogen) atoms. The first-order valence-corrected chi connectivity index (χ1v) is 6.93. The Kier molecular flexibility index (Phi) is 3.15. The van der Waals surface area contributed by atoms with E-state index in [4.69, 9.17) is 0 Å². The molecule has 0 saturated heterocycles. The smallest absolute Gasteiger partial charge is 0.129 e. The van der Waals surface area contributed by atoms with E-state index in [0.29, 0.717) is 12.1 Å². The minimum atomic E-state index is -0.174. The zero-order valence-corrected chi connectivity index (χ0v) is 12.1. The fourth-order valence-corrected chi connectivity index (χ4v) is 2.71. The van der Waals surface area contributed by atoms with E-state index in [0.717, 1.165) is 15.7 Å². The van der Waals surface area contributed by atoms with Crippen LogP contribution in [-0.2, 0) is 6.54 Å². The molecule has 0 N–H and O–H groups in total. The predicted octanol–water partition coefficient (Wildman–Crippen LogP) is 4.90. The average Bonchev–Trinajstić information content (AvgIpc) is 2.69. The Morgan fingerprint density at radius 2 is 1.89 bits per heavy atom. The van der Waals surface area contributed by atoms with Crippen LogP contribution in [0.15, 0.2) is 53.0 Å². The summed E-state index contributed by atoms with van der Waals surface area (Å²) in [6.45, 7) is 2.61. The number of rotatable bonds is 2. The standard InChI is InChI=1S/C16H13BrFN/c1-11-8-12-4-2-3-5-16(12)19(11)10-13-6-7-14(17)9-15(13)18/h2-9H,10H2,1H3. The van der Waals surface area contributed by atoms with Crippen LogP contribution < -0.4 is 0 Å². The van der Waals surface area contributed by atoms with Gasteiger partial charge in [-0.3, -0.25) is 0 Å². The van der Waals surface area contributed by atoms with Gasteiger partial charge in [0, 0.05) is 21.2 Å². The fourth-order valence-electron chi connectivity index (χ4n) is 2.38. The molecule has 0 bridgehead atoms. The molecule has 0 fully saturated rings. The summed E-state index contributed by atoms with van der Waals surface area (Å²) in [6, 6.07) is 15.5. The number of para-hydroxylation sites is 1. The molecular formula is C16H13BrFN. The minimum Gasteiger partial charge on any atom is -0.340 e. The van der Waals surface area contributed by atoms with Crippen LogP contribution in [0.25, 0.3) is 10.9 Å². The Bertz CT molecular complexity index is 746. The monoisotopic (exact) mass is 317 g/mol. The van der Waals surface area contributed by atoms with Crippen LogP contribution in [0.4, 0.5) is 4.39 Å². The third-order valence-electron chi connectivity index (χ3n) is 3.36. The first-order chi connectivity index (χ1) is 9.15. The van der Waals surface area contributed by atoms with Crippen LogP contribution in [-0.4, -0.2) is 4.57 Å². The van der Waals surface area contributed by atoms with Gasteiger partial charge in [0.05, 0.1) is 6.54 Å². The molecule has 0 aliphatic carbocycles. The average molecular weight is 318 g/mol. The Hall–Kier alpha value is -1.61. The number of aryl methyl sites for hydroxylation is 1. The molecule has 3 heteroatoms. The van der Waals surface area contributed by atoms with Crippen LogP contribution in [0.5, 0.6) is 0 Å². The number of benzene rings is 2. The Morgan fingerprint density at radius 1 is 1.11 bits per heavy atom. The maximum atomic E-state index is 13.9. The van der Waals surface area contributed by atoms with Crippen molar-refractivity contribution < 1.29 is 4.39 Å². The van der Waals surface area contributed by atoms with Crippen molar-refractivity contribution in [2.24, 2.45) is 0 Å². The summed E-state index contributed by atoms with van der Waals surface area (Å²) >= 11 is 3.28. The van der Waals surface area contributed by atoms with Gasteiger partial charge in [-0.1, -0.05) is 40.2 Å². The number of nitrogens with zero attached hydrogens (tertiary/aromatic N) is 1. The van der Waals surface area contributed by atoms with Crippen LogP contribution in [0.3, 0.4) is 0 Å². The van der Waals surface area contributed by atoms with Gasteiger partial charge >= 0.3 is 0 Å². The molecule has 3 rings (SSSR count). The highest BCUT2D eigenvalue weighted by atomic mass is 79.9. The van der Waals surface area contributed by atoms with Crippen molar-refractivity contribution in [1.29, 1.82) is 0 Å². The van der Waals surface area contributed by atoms with E-state index in [9.17, 15) is 4.39 Å². The van der Waals surface area contributed by atoms with Gasteiger partial charge in [-0.2, -0.15) is 0 Å². The summed E-state index contributed by atoms with van der Waals surface area (Å²) in [5.74, 6) is -0.174. The lowest BCUT2D eigenvalue weighted by molar-refractivity contribution is 0.599. The largest absolute Gasteiger partial charge is 0.340 e. The van der Waals surface area contributed by atoms with Gasteiger partial charge in [-0.25, -0.2) is 4.39 Å². The van der Waals surface area contributed by atoms with Gasteiger partial charge in [-0.05, 0) is 36.6 Å². The van der Waals surface area contributed by atoms with Crippen molar-refractivity contribution in [2.45, 2.75) is 13.5 Å². The Labute approximate surface area is 119 Å². The molecule has 0 atom stereocenters. The molecule has 1 aromatic heterocycles. The lowest BCUT2D eigenvalue weighted by atomic mass is 10.2. The van der Waals surface area contributed by atoms with Crippen molar-refractivity contribution in [3.63, 3.8) is 0 Å². The second kappa shape index (κ2) is 4.82. The second-order valence-corrected chi connectivity index (χ2v) is 5.58. The fraction of sp³-hybridized carbons (Fsp3) is 0.125. The first-order valence-electron chi connectivity index (χ1n) is 6.14. The number of hydrogen-bond acceptors (Lipinski definition) is 0. The van der Waals surface area contributed by atoms with Gasteiger partial charge in [0.2, 0.25) is 0 Å². The number of halogens is 2. The highest BCUT2D eigenvalue weighted by Gasteiger charge is 2.08. The molecule has 3 aromatic rings. The number of aromatic nitrogens is 1. The SMILES string of the molecule is Cc1cc2ccccc2n1Cc1ccc(Br)cc1F. The van der Waals surface area contributed by atoms with E-state index in [1.807, 2.05) is 24.3 Å². The summed E-state index contributed by atoms with van der Waals surface area (Å²) in [6.07, 6.45) is 0. The van der Waals surface area contributed by atoms with E-state index in [1.165, 1.54) is 11.5 Å². The van der Waals surface area contributed by atoms with Crippen LogP contribution in [0.2, 0.25) is 0 Å². The van der Waals surface area contributed by atoms with E-state index < -0.39 is 0 Å². The lowest BCUT2D eigenvalue weighted by Crippen LogP contribution is -2.03. The molecular weight excluding hydrogens is 305 g/mol. The molecule has 0 unspecified atom stereocenters. The molecule has 0 aliphatic rings. The molecule has 0 saturated carbocycles. The maximum absolute atomic E-state index is 13.9. The molecule has 0 radical (unpaired) electrons. The molecule has 1 heterocycles. The normalized spacial score (nSPS) is 11.1. The van der Waals surface area contributed by atoms with Gasteiger partial charge in [0.1, 0.15) is 5.82 Å². The summed E-state index contributed by atoms with van der Waals surface area (Å²) in [5, 5.41) is 1.19. The van der Waals surface area contributed by atoms with Crippen molar-refractivity contribution in [3.05, 3.63) is 70.1 Å². The molecule has 1 nitrogen and oxygen atoms in total. The van der Waals surface area contributed by atoms with Gasteiger partial charge < -0.3 is 4.57 Å². The van der Waals surface area contributed by atoms with Crippen molar-refractivity contribution in [1.82, 2.24) is 4.57 Å². The first kappa shape index (κ1) is 12.4. The van der Waals surface area contributed by atoms with E-state index in [-0.39, 0.29) is 5.82 Å². The second-order valence-electron chi connectivity index (χ2n) is 4.67. The third kappa shape index (κ3) is 2.30. The highest BCUT2D eigenvalue weighted by molar-refractivity contribution is 9.10. The number of fused-ring (bicyclic) bond motifs is 1. The zero-order valence-electron chi connectivity index (χ0n) is 10.5. The molecule has 0 amide bonds. The Balaban J connectivity index is 2.08. The van der Waals surface area contributed by atoms with Crippen LogP contribution in [0.1, 0.15) is 11.3 Å². The summed E-state index contributed by atoms with van der Waals surface area (Å²) in [4.78, 5) is 0. The molecule has 0 aliphatic heterocycles. The van der Waals surface area contributed by atoms with Crippen LogP contribution >= 0.6 is 15.9 Å². The van der Waals surface area contributed by atoms with Gasteiger partial charge in [0.25, 0.3) is 0 Å². The summed E-state index contributed by atoms with van der Waals surface area (Å²) in [7, 11) is 0. The third-order valence-corrected chi connectivity index (χ3v) is 3.85. The zero-order chi connectivity index (χ0) is 13.4. The lowest BCUT2D eigenvalue weighted by Gasteiger charge is -2.09. The maximum Gasteiger partial charge on any atom is 0.129 e. The number of hydrogen-bond donors (Lipinski definition) is 0. The molecule has 2 aromatic carbocycles. The quantitative estimate of drug-likeness (QED) is 0.633. The van der Waals surface area contributed by atoms with Crippen molar-refractivity contribution in [3.8, 4) is 0 Å². The van der Waals surface area contributed by atoms with Gasteiger partial charge in [-0.15, -0.1) is 0 Å². The van der Waals surface area contributed by atoms with Crippen molar-refractivity contribution >= 4 is 26.8 Å². The highest BCUT2D eigenvalue weighted by Crippen LogP contribution is 2.22. The molecule has 96 valence electrons. The summed E-state index contributed by atoms with van der Waals surface area (Å²) < 4.78 is 16.8. The topological polar surface area (TPSA) is 4.93 Å². The summed E-state index contributed by atoms with van der Waals surface area (Å²) in [5.41, 5.74) is 2.98. The Morgan fingerprint density at radius 3 is 2.68 bits per heavy atom. The van der Waals surface area contributed by atoms with E-state index in [1.54, 1.807) is 0 Å². The van der Waals surface area contributed by atoms with Crippen LogP contribution in [0, 0.1) is 12.7 Å².